The molecule has 1 N–H and O–H groups in total. The van der Waals surface area contributed by atoms with E-state index < -0.39 is 5.83 Å². The van der Waals surface area contributed by atoms with E-state index >= 15 is 0 Å². The number of hydrogen-bond acceptors (Lipinski definition) is 1. The standard InChI is InChI=1S/C20H23FO/c1-8-14(2)9-10-16(4)19(7)20(21)13-17(5)15(3)11-12-18(6)22/h9-13,22H,2-8H2,1H3/b10-9-,12-11-,20-13+. The maximum absolute atomic E-state index is 14.1. The highest BCUT2D eigenvalue weighted by atomic mass is 19.1. The Bertz CT molecular complexity index is 610. The summed E-state index contributed by atoms with van der Waals surface area (Å²) in [7, 11) is 0. The average molecular weight is 298 g/mol. The predicted molar refractivity (Wildman–Crippen MR) is 95.2 cm³/mol. The number of aliphatic hydroxyl groups excluding tert-OH is 1. The Kier molecular flexibility index (Phi) is 8.24. The van der Waals surface area contributed by atoms with E-state index in [9.17, 15) is 4.39 Å². The van der Waals surface area contributed by atoms with Crippen LogP contribution in [0.25, 0.3) is 0 Å². The second-order valence-electron chi connectivity index (χ2n) is 4.72. The number of halogens is 1. The summed E-state index contributed by atoms with van der Waals surface area (Å²) >= 11 is 0. The van der Waals surface area contributed by atoms with Crippen molar-refractivity contribution in [3.05, 3.63) is 109 Å². The summed E-state index contributed by atoms with van der Waals surface area (Å²) in [6, 6.07) is 0. The van der Waals surface area contributed by atoms with E-state index in [-0.39, 0.29) is 11.3 Å². The molecule has 0 fully saturated rings. The van der Waals surface area contributed by atoms with Gasteiger partial charge in [0.2, 0.25) is 0 Å². The molecule has 0 radical (unpaired) electrons. The van der Waals surface area contributed by atoms with Crippen molar-refractivity contribution in [2.24, 2.45) is 0 Å². The third-order valence-electron chi connectivity index (χ3n) is 2.84. The molecule has 0 aliphatic carbocycles. The Morgan fingerprint density at radius 1 is 0.864 bits per heavy atom. The molecule has 1 nitrogen and oxygen atoms in total. The lowest BCUT2D eigenvalue weighted by atomic mass is 10.0. The molecular formula is C20H23FO. The first-order valence-electron chi connectivity index (χ1n) is 6.74. The zero-order valence-corrected chi connectivity index (χ0v) is 13.2. The van der Waals surface area contributed by atoms with Crippen LogP contribution in [0.2, 0.25) is 0 Å². The molecule has 0 aliphatic heterocycles. The van der Waals surface area contributed by atoms with E-state index in [1.54, 1.807) is 12.2 Å². The molecule has 0 saturated heterocycles. The lowest BCUT2D eigenvalue weighted by Gasteiger charge is -2.05. The Morgan fingerprint density at radius 2 is 1.41 bits per heavy atom. The van der Waals surface area contributed by atoms with E-state index in [4.69, 9.17) is 5.11 Å². The molecule has 0 aromatic heterocycles. The van der Waals surface area contributed by atoms with Gasteiger partial charge in [-0.15, -0.1) is 0 Å². The molecule has 0 aliphatic rings. The van der Waals surface area contributed by atoms with Crippen LogP contribution >= 0.6 is 0 Å². The summed E-state index contributed by atoms with van der Waals surface area (Å²) < 4.78 is 14.1. The van der Waals surface area contributed by atoms with E-state index in [0.29, 0.717) is 16.7 Å². The molecule has 0 unspecified atom stereocenters. The summed E-state index contributed by atoms with van der Waals surface area (Å²) in [5.41, 5.74) is 2.38. The molecule has 0 spiro atoms. The van der Waals surface area contributed by atoms with Crippen molar-refractivity contribution in [2.45, 2.75) is 13.3 Å². The largest absolute Gasteiger partial charge is 0.509 e. The molecule has 0 atom stereocenters. The van der Waals surface area contributed by atoms with Gasteiger partial charge in [0, 0.05) is 5.57 Å². The van der Waals surface area contributed by atoms with Crippen LogP contribution in [0.5, 0.6) is 0 Å². The van der Waals surface area contributed by atoms with Crippen molar-refractivity contribution >= 4 is 0 Å². The summed E-state index contributed by atoms with van der Waals surface area (Å²) in [6.45, 7) is 24.0. The van der Waals surface area contributed by atoms with Gasteiger partial charge in [0.15, 0.2) is 0 Å². The number of rotatable bonds is 9. The molecule has 0 rings (SSSR count). The summed E-state index contributed by atoms with van der Waals surface area (Å²) in [5.74, 6) is -0.656. The molecule has 0 saturated carbocycles. The van der Waals surface area contributed by atoms with E-state index in [1.807, 2.05) is 6.92 Å². The Labute approximate surface area is 132 Å². The fourth-order valence-electron chi connectivity index (χ4n) is 1.23. The van der Waals surface area contributed by atoms with Gasteiger partial charge in [0.25, 0.3) is 0 Å². The molecule has 0 heterocycles. The predicted octanol–water partition coefficient (Wildman–Crippen LogP) is 6.21. The smallest absolute Gasteiger partial charge is 0.131 e. The zero-order chi connectivity index (χ0) is 17.3. The summed E-state index contributed by atoms with van der Waals surface area (Å²) in [6.07, 6.45) is 8.35. The van der Waals surface area contributed by atoms with Gasteiger partial charge in [-0.1, -0.05) is 70.2 Å². The van der Waals surface area contributed by atoms with Crippen LogP contribution in [0.3, 0.4) is 0 Å². The van der Waals surface area contributed by atoms with Crippen molar-refractivity contribution < 1.29 is 9.50 Å². The molecule has 22 heavy (non-hydrogen) atoms. The monoisotopic (exact) mass is 298 g/mol. The fraction of sp³-hybridized carbons (Fsp3) is 0.100. The molecule has 0 amide bonds. The minimum Gasteiger partial charge on any atom is -0.509 e. The Balaban J connectivity index is 4.94. The van der Waals surface area contributed by atoms with Gasteiger partial charge in [-0.05, 0) is 35.3 Å². The van der Waals surface area contributed by atoms with Crippen molar-refractivity contribution in [3.8, 4) is 0 Å². The second-order valence-corrected chi connectivity index (χ2v) is 4.72. The zero-order valence-electron chi connectivity index (χ0n) is 13.2. The molecule has 0 aromatic carbocycles. The highest BCUT2D eigenvalue weighted by Gasteiger charge is 2.05. The van der Waals surface area contributed by atoms with Gasteiger partial charge in [-0.2, -0.15) is 0 Å². The van der Waals surface area contributed by atoms with Crippen LogP contribution in [-0.4, -0.2) is 5.11 Å². The quantitative estimate of drug-likeness (QED) is 0.396. The Hall–Kier alpha value is -2.61. The lowest BCUT2D eigenvalue weighted by Crippen LogP contribution is -1.88. The van der Waals surface area contributed by atoms with Gasteiger partial charge < -0.3 is 5.11 Å². The van der Waals surface area contributed by atoms with Crippen LogP contribution in [0.15, 0.2) is 109 Å². The highest BCUT2D eigenvalue weighted by molar-refractivity contribution is 5.52. The first-order valence-corrected chi connectivity index (χ1v) is 6.74. The molecule has 0 aromatic rings. The van der Waals surface area contributed by atoms with Crippen molar-refractivity contribution in [3.63, 3.8) is 0 Å². The number of hydrogen-bond donors (Lipinski definition) is 1. The van der Waals surface area contributed by atoms with E-state index in [0.717, 1.165) is 12.0 Å². The topological polar surface area (TPSA) is 20.2 Å². The third-order valence-corrected chi connectivity index (χ3v) is 2.84. The number of aliphatic hydroxyl groups is 1. The SMILES string of the molecule is C=C(O)/C=C\C(=C)C(=C)/C=C(/F)C(=C)C(=C)/C=C\C(=C)CC. The van der Waals surface area contributed by atoms with Crippen LogP contribution in [0.1, 0.15) is 13.3 Å². The molecule has 0 bridgehead atoms. The normalized spacial score (nSPS) is 11.6. The first kappa shape index (κ1) is 19.4. The molecule has 2 heteroatoms. The van der Waals surface area contributed by atoms with E-state index in [1.165, 1.54) is 18.2 Å². The van der Waals surface area contributed by atoms with Gasteiger partial charge in [-0.25, -0.2) is 4.39 Å². The van der Waals surface area contributed by atoms with Gasteiger partial charge >= 0.3 is 0 Å². The maximum Gasteiger partial charge on any atom is 0.131 e. The van der Waals surface area contributed by atoms with Crippen LogP contribution in [0, 0.1) is 0 Å². The van der Waals surface area contributed by atoms with Crippen LogP contribution < -0.4 is 0 Å². The summed E-state index contributed by atoms with van der Waals surface area (Å²) in [4.78, 5) is 0. The first-order chi connectivity index (χ1) is 10.2. The van der Waals surface area contributed by atoms with E-state index in [2.05, 4.69) is 39.5 Å². The minimum absolute atomic E-state index is 0.113. The minimum atomic E-state index is -0.542. The number of allylic oxidation sites excluding steroid dienone is 11. The average Bonchev–Trinajstić information content (AvgIpc) is 2.48. The maximum atomic E-state index is 14.1. The fourth-order valence-corrected chi connectivity index (χ4v) is 1.23. The summed E-state index contributed by atoms with van der Waals surface area (Å²) in [5, 5.41) is 8.97. The second kappa shape index (κ2) is 9.35. The van der Waals surface area contributed by atoms with Crippen molar-refractivity contribution in [1.29, 1.82) is 0 Å². The molecule has 116 valence electrons. The molecular weight excluding hydrogens is 275 g/mol. The van der Waals surface area contributed by atoms with Crippen molar-refractivity contribution in [2.75, 3.05) is 0 Å². The Morgan fingerprint density at radius 3 is 1.91 bits per heavy atom. The van der Waals surface area contributed by atoms with Gasteiger partial charge in [0.1, 0.15) is 11.6 Å². The van der Waals surface area contributed by atoms with Gasteiger partial charge in [0.05, 0.1) is 0 Å². The van der Waals surface area contributed by atoms with Gasteiger partial charge in [-0.3, -0.25) is 0 Å². The third kappa shape index (κ3) is 7.25. The van der Waals surface area contributed by atoms with Crippen LogP contribution in [0.4, 0.5) is 4.39 Å². The lowest BCUT2D eigenvalue weighted by molar-refractivity contribution is 0.435. The highest BCUT2D eigenvalue weighted by Crippen LogP contribution is 2.22. The van der Waals surface area contributed by atoms with Crippen LogP contribution in [-0.2, 0) is 0 Å². The van der Waals surface area contributed by atoms with Crippen molar-refractivity contribution in [1.82, 2.24) is 0 Å².